The summed E-state index contributed by atoms with van der Waals surface area (Å²) in [6.45, 7) is 0.804. The molecule has 0 bridgehead atoms. The van der Waals surface area contributed by atoms with Gasteiger partial charge in [-0.1, -0.05) is 48.5 Å². The van der Waals surface area contributed by atoms with E-state index < -0.39 is 6.10 Å². The minimum atomic E-state index is -0.506. The smallest absolute Gasteiger partial charge is 0.127 e. The van der Waals surface area contributed by atoms with Crippen molar-refractivity contribution in [3.05, 3.63) is 54.6 Å². The van der Waals surface area contributed by atoms with Crippen LogP contribution in [-0.4, -0.2) is 31.4 Å². The van der Waals surface area contributed by atoms with Crippen molar-refractivity contribution in [1.29, 1.82) is 0 Å². The molecule has 0 heterocycles. The normalized spacial score (nSPS) is 12.1. The summed E-state index contributed by atoms with van der Waals surface area (Å²) in [6, 6.07) is 18.0. The fraction of sp³-hybridized carbons (Fsp3) is 0.250. The maximum atomic E-state index is 9.68. The van der Waals surface area contributed by atoms with Crippen molar-refractivity contribution in [2.75, 3.05) is 20.2 Å². The predicted molar refractivity (Wildman–Crippen MR) is 77.3 cm³/mol. The zero-order valence-corrected chi connectivity index (χ0v) is 11.0. The van der Waals surface area contributed by atoms with Crippen LogP contribution in [0.3, 0.4) is 0 Å². The molecule has 0 spiro atoms. The minimum absolute atomic E-state index is 0.282. The van der Waals surface area contributed by atoms with Crippen LogP contribution in [0.2, 0.25) is 0 Å². The summed E-state index contributed by atoms with van der Waals surface area (Å²) in [5, 5.41) is 12.6. The Morgan fingerprint density at radius 3 is 2.47 bits per heavy atom. The first-order chi connectivity index (χ1) is 9.31. The molecule has 1 unspecified atom stereocenters. The molecule has 0 saturated heterocycles. The SMILES string of the molecule is CNCC(O)COc1ccccc1-c1ccccc1. The summed E-state index contributed by atoms with van der Waals surface area (Å²) in [7, 11) is 1.81. The lowest BCUT2D eigenvalue weighted by Crippen LogP contribution is -2.29. The average Bonchev–Trinajstić information content (AvgIpc) is 2.47. The van der Waals surface area contributed by atoms with Gasteiger partial charge >= 0.3 is 0 Å². The number of ether oxygens (including phenoxy) is 1. The maximum Gasteiger partial charge on any atom is 0.127 e. The highest BCUT2D eigenvalue weighted by molar-refractivity contribution is 5.70. The molecule has 2 aromatic carbocycles. The Labute approximate surface area is 113 Å². The lowest BCUT2D eigenvalue weighted by molar-refractivity contribution is 0.108. The van der Waals surface area contributed by atoms with Gasteiger partial charge in [-0.2, -0.15) is 0 Å². The summed E-state index contributed by atoms with van der Waals surface area (Å²) in [5.41, 5.74) is 2.15. The van der Waals surface area contributed by atoms with Crippen LogP contribution in [0.1, 0.15) is 0 Å². The van der Waals surface area contributed by atoms with Gasteiger partial charge in [0.1, 0.15) is 18.5 Å². The number of rotatable bonds is 6. The van der Waals surface area contributed by atoms with Crippen LogP contribution < -0.4 is 10.1 Å². The molecule has 1 atom stereocenters. The second kappa shape index (κ2) is 6.92. The molecule has 0 saturated carbocycles. The van der Waals surface area contributed by atoms with Crippen LogP contribution in [-0.2, 0) is 0 Å². The Morgan fingerprint density at radius 1 is 1.05 bits per heavy atom. The van der Waals surface area contributed by atoms with Crippen molar-refractivity contribution in [3.8, 4) is 16.9 Å². The second-order valence-corrected chi connectivity index (χ2v) is 4.38. The molecular weight excluding hydrogens is 238 g/mol. The zero-order valence-electron chi connectivity index (χ0n) is 11.0. The Hall–Kier alpha value is -1.84. The summed E-state index contributed by atoms with van der Waals surface area (Å²) in [4.78, 5) is 0. The van der Waals surface area contributed by atoms with E-state index in [1.165, 1.54) is 0 Å². The number of benzene rings is 2. The third kappa shape index (κ3) is 3.81. The second-order valence-electron chi connectivity index (χ2n) is 4.38. The summed E-state index contributed by atoms with van der Waals surface area (Å²) < 4.78 is 5.72. The highest BCUT2D eigenvalue weighted by Crippen LogP contribution is 2.29. The van der Waals surface area contributed by atoms with Crippen molar-refractivity contribution < 1.29 is 9.84 Å². The van der Waals surface area contributed by atoms with E-state index in [2.05, 4.69) is 5.32 Å². The van der Waals surface area contributed by atoms with Crippen molar-refractivity contribution >= 4 is 0 Å². The fourth-order valence-electron chi connectivity index (χ4n) is 1.93. The number of hydrogen-bond donors (Lipinski definition) is 2. The third-order valence-electron chi connectivity index (χ3n) is 2.84. The number of aliphatic hydroxyl groups is 1. The molecule has 0 radical (unpaired) electrons. The lowest BCUT2D eigenvalue weighted by Gasteiger charge is -2.14. The van der Waals surface area contributed by atoms with Gasteiger partial charge in [-0.15, -0.1) is 0 Å². The third-order valence-corrected chi connectivity index (χ3v) is 2.84. The van der Waals surface area contributed by atoms with E-state index in [4.69, 9.17) is 4.74 Å². The predicted octanol–water partition coefficient (Wildman–Crippen LogP) is 2.31. The van der Waals surface area contributed by atoms with Crippen LogP contribution in [0.15, 0.2) is 54.6 Å². The number of para-hydroxylation sites is 1. The van der Waals surface area contributed by atoms with Gasteiger partial charge < -0.3 is 15.2 Å². The van der Waals surface area contributed by atoms with E-state index in [1.54, 1.807) is 7.05 Å². The molecule has 19 heavy (non-hydrogen) atoms. The van der Waals surface area contributed by atoms with Gasteiger partial charge in [0, 0.05) is 12.1 Å². The van der Waals surface area contributed by atoms with Gasteiger partial charge in [-0.05, 0) is 18.7 Å². The molecule has 0 aromatic heterocycles. The molecule has 2 aromatic rings. The maximum absolute atomic E-state index is 9.68. The van der Waals surface area contributed by atoms with Gasteiger partial charge in [-0.25, -0.2) is 0 Å². The number of hydrogen-bond acceptors (Lipinski definition) is 3. The highest BCUT2D eigenvalue weighted by Gasteiger charge is 2.08. The summed E-state index contributed by atoms with van der Waals surface area (Å²) in [6.07, 6.45) is -0.506. The molecule has 3 nitrogen and oxygen atoms in total. The van der Waals surface area contributed by atoms with E-state index in [0.29, 0.717) is 6.54 Å². The van der Waals surface area contributed by atoms with Gasteiger partial charge in [0.2, 0.25) is 0 Å². The van der Waals surface area contributed by atoms with E-state index in [9.17, 15) is 5.11 Å². The quantitative estimate of drug-likeness (QED) is 0.834. The van der Waals surface area contributed by atoms with Gasteiger partial charge in [-0.3, -0.25) is 0 Å². The van der Waals surface area contributed by atoms with Crippen molar-refractivity contribution in [1.82, 2.24) is 5.32 Å². The fourth-order valence-corrected chi connectivity index (χ4v) is 1.93. The summed E-state index contributed by atoms with van der Waals surface area (Å²) >= 11 is 0. The van der Waals surface area contributed by atoms with Crippen molar-refractivity contribution in [3.63, 3.8) is 0 Å². The van der Waals surface area contributed by atoms with E-state index in [0.717, 1.165) is 16.9 Å². The molecule has 0 fully saturated rings. The monoisotopic (exact) mass is 257 g/mol. The van der Waals surface area contributed by atoms with Gasteiger partial charge in [0.05, 0.1) is 0 Å². The van der Waals surface area contributed by atoms with E-state index >= 15 is 0 Å². The van der Waals surface area contributed by atoms with Crippen LogP contribution in [0.25, 0.3) is 11.1 Å². The standard InChI is InChI=1S/C16H19NO2/c1-17-11-14(18)12-19-16-10-6-5-9-15(16)13-7-3-2-4-8-13/h2-10,14,17-18H,11-12H2,1H3. The minimum Gasteiger partial charge on any atom is -0.490 e. The molecule has 2 N–H and O–H groups in total. The average molecular weight is 257 g/mol. The Morgan fingerprint density at radius 2 is 1.74 bits per heavy atom. The molecule has 0 aliphatic heterocycles. The van der Waals surface area contributed by atoms with Crippen LogP contribution in [0.4, 0.5) is 0 Å². The molecule has 0 aliphatic rings. The summed E-state index contributed by atoms with van der Waals surface area (Å²) in [5.74, 6) is 0.795. The zero-order chi connectivity index (χ0) is 13.5. The van der Waals surface area contributed by atoms with Crippen molar-refractivity contribution in [2.45, 2.75) is 6.10 Å². The number of aliphatic hydroxyl groups excluding tert-OH is 1. The lowest BCUT2D eigenvalue weighted by atomic mass is 10.1. The topological polar surface area (TPSA) is 41.5 Å². The first kappa shape index (κ1) is 13.6. The molecule has 3 heteroatoms. The molecule has 2 rings (SSSR count). The largest absolute Gasteiger partial charge is 0.490 e. The van der Waals surface area contributed by atoms with Crippen LogP contribution in [0.5, 0.6) is 5.75 Å². The van der Waals surface area contributed by atoms with E-state index in [-0.39, 0.29) is 6.61 Å². The van der Waals surface area contributed by atoms with Gasteiger partial charge in [0.15, 0.2) is 0 Å². The van der Waals surface area contributed by atoms with Gasteiger partial charge in [0.25, 0.3) is 0 Å². The molecule has 0 aliphatic carbocycles. The first-order valence-corrected chi connectivity index (χ1v) is 6.41. The molecule has 100 valence electrons. The number of likely N-dealkylation sites (N-methyl/N-ethyl adjacent to an activating group) is 1. The Kier molecular flexibility index (Phi) is 4.95. The van der Waals surface area contributed by atoms with Crippen LogP contribution >= 0.6 is 0 Å². The Balaban J connectivity index is 2.13. The Bertz CT molecular complexity index is 499. The molecular formula is C16H19NO2. The van der Waals surface area contributed by atoms with E-state index in [1.807, 2.05) is 54.6 Å². The highest BCUT2D eigenvalue weighted by atomic mass is 16.5. The number of nitrogens with one attached hydrogen (secondary N) is 1. The molecule has 0 amide bonds. The van der Waals surface area contributed by atoms with Crippen LogP contribution in [0, 0.1) is 0 Å². The first-order valence-electron chi connectivity index (χ1n) is 6.41. The van der Waals surface area contributed by atoms with Crippen molar-refractivity contribution in [2.24, 2.45) is 0 Å².